The summed E-state index contributed by atoms with van der Waals surface area (Å²) in [6, 6.07) is 27.0. The Kier molecular flexibility index (Phi) is 5.20. The lowest BCUT2D eigenvalue weighted by atomic mass is 9.53. The molecule has 5 nitrogen and oxygen atoms in total. The molecule has 0 radical (unpaired) electrons. The van der Waals surface area contributed by atoms with Crippen molar-refractivity contribution in [1.29, 1.82) is 0 Å². The van der Waals surface area contributed by atoms with Crippen LogP contribution in [0.2, 0.25) is 0 Å². The van der Waals surface area contributed by atoms with E-state index in [4.69, 9.17) is 4.74 Å². The molecule has 3 aliphatic rings. The molecular formula is C31H26O5S. The first kappa shape index (κ1) is 23.6. The van der Waals surface area contributed by atoms with Gasteiger partial charge in [-0.1, -0.05) is 86.6 Å². The zero-order chi connectivity index (χ0) is 26.1. The van der Waals surface area contributed by atoms with Crippen LogP contribution in [0, 0.1) is 6.92 Å². The lowest BCUT2D eigenvalue weighted by Crippen LogP contribution is -2.49. The molecule has 0 aliphatic heterocycles. The quantitative estimate of drug-likeness (QED) is 0.203. The Balaban J connectivity index is 1.59. The summed E-state index contributed by atoms with van der Waals surface area (Å²) in [6.45, 7) is 5.33. The molecule has 0 atom stereocenters. The minimum Gasteiger partial charge on any atom is -0.425 e. The molecule has 4 aromatic rings. The fraction of sp³-hybridized carbons (Fsp3) is 0.194. The average Bonchev–Trinajstić information content (AvgIpc) is 2.88. The van der Waals surface area contributed by atoms with E-state index in [2.05, 4.69) is 18.2 Å². The molecule has 0 unspecified atom stereocenters. The van der Waals surface area contributed by atoms with Gasteiger partial charge in [-0.05, 0) is 69.5 Å². The van der Waals surface area contributed by atoms with Crippen molar-refractivity contribution < 1.29 is 22.5 Å². The van der Waals surface area contributed by atoms with Gasteiger partial charge in [0.25, 0.3) is 10.1 Å². The predicted molar refractivity (Wildman–Crippen MR) is 141 cm³/mol. The molecule has 0 amide bonds. The number of benzene rings is 4. The van der Waals surface area contributed by atoms with Gasteiger partial charge in [-0.15, -0.1) is 0 Å². The summed E-state index contributed by atoms with van der Waals surface area (Å²) in [6.07, 6.45) is 0. The maximum Gasteiger partial charge on any atom is 0.331 e. The second kappa shape index (κ2) is 8.13. The molecule has 0 fully saturated rings. The van der Waals surface area contributed by atoms with Crippen molar-refractivity contribution in [3.63, 3.8) is 0 Å². The molecule has 186 valence electrons. The summed E-state index contributed by atoms with van der Waals surface area (Å²) in [5, 5.41) is 0. The Bertz CT molecular complexity index is 1590. The number of aryl methyl sites for hydroxylation is 1. The summed E-state index contributed by atoms with van der Waals surface area (Å²) in [5.41, 5.74) is 5.61. The molecule has 0 spiro atoms. The Labute approximate surface area is 216 Å². The van der Waals surface area contributed by atoms with Gasteiger partial charge in [0.15, 0.2) is 0 Å². The summed E-state index contributed by atoms with van der Waals surface area (Å²) in [7, 11) is -4.44. The molecular weight excluding hydrogens is 484 g/mol. The average molecular weight is 511 g/mol. The minimum atomic E-state index is -4.44. The first-order valence-electron chi connectivity index (χ1n) is 12.3. The van der Waals surface area contributed by atoms with E-state index in [9.17, 15) is 17.8 Å². The first-order valence-corrected chi connectivity index (χ1v) is 13.7. The Hall–Kier alpha value is -3.74. The van der Waals surface area contributed by atoms with E-state index < -0.39 is 21.5 Å². The highest BCUT2D eigenvalue weighted by atomic mass is 32.2. The lowest BCUT2D eigenvalue weighted by molar-refractivity contribution is -0.138. The summed E-state index contributed by atoms with van der Waals surface area (Å²) >= 11 is 0. The van der Waals surface area contributed by atoms with Gasteiger partial charge in [-0.25, -0.2) is 4.79 Å². The number of carbonyl (C=O) groups excluding carboxylic acids is 1. The van der Waals surface area contributed by atoms with Crippen LogP contribution in [0.3, 0.4) is 0 Å². The second-order valence-electron chi connectivity index (χ2n) is 10.1. The van der Waals surface area contributed by atoms with Gasteiger partial charge in [0.1, 0.15) is 11.2 Å². The number of carbonyl (C=O) groups is 1. The van der Waals surface area contributed by atoms with Crippen LogP contribution in [0.1, 0.15) is 70.2 Å². The van der Waals surface area contributed by atoms with Crippen LogP contribution in [-0.4, -0.2) is 18.9 Å². The van der Waals surface area contributed by atoms with E-state index in [1.807, 2.05) is 68.4 Å². The molecule has 37 heavy (non-hydrogen) atoms. The third-order valence-corrected chi connectivity index (χ3v) is 8.65. The van der Waals surface area contributed by atoms with Crippen molar-refractivity contribution in [3.8, 4) is 5.75 Å². The van der Waals surface area contributed by atoms with E-state index in [1.165, 1.54) is 6.07 Å². The van der Waals surface area contributed by atoms with Crippen LogP contribution in [-0.2, 0) is 20.3 Å². The van der Waals surface area contributed by atoms with Gasteiger partial charge in [0.05, 0.1) is 4.90 Å². The maximum atomic E-state index is 14.6. The zero-order valence-electron chi connectivity index (χ0n) is 20.7. The molecule has 0 heterocycles. The molecule has 3 aliphatic carbocycles. The zero-order valence-corrected chi connectivity index (χ0v) is 21.5. The SMILES string of the molecule is Cc1cc(S(=O)(=O)O)c(C(C)C)cc1OC(=O)C12c3ccccc3C(c3ccccc31)c1ccccc12. The van der Waals surface area contributed by atoms with Crippen LogP contribution in [0.15, 0.2) is 89.8 Å². The number of hydrogen-bond acceptors (Lipinski definition) is 4. The largest absolute Gasteiger partial charge is 0.425 e. The van der Waals surface area contributed by atoms with E-state index >= 15 is 0 Å². The van der Waals surface area contributed by atoms with Gasteiger partial charge in [0, 0.05) is 5.92 Å². The van der Waals surface area contributed by atoms with Crippen molar-refractivity contribution in [2.45, 2.75) is 42.9 Å². The molecule has 6 heteroatoms. The van der Waals surface area contributed by atoms with Crippen molar-refractivity contribution in [3.05, 3.63) is 129 Å². The van der Waals surface area contributed by atoms with Gasteiger partial charge in [-0.3, -0.25) is 4.55 Å². The van der Waals surface area contributed by atoms with E-state index in [0.29, 0.717) is 11.1 Å². The van der Waals surface area contributed by atoms with Crippen molar-refractivity contribution >= 4 is 16.1 Å². The van der Waals surface area contributed by atoms with Gasteiger partial charge in [0.2, 0.25) is 0 Å². The van der Waals surface area contributed by atoms with Gasteiger partial charge < -0.3 is 4.74 Å². The smallest absolute Gasteiger partial charge is 0.331 e. The second-order valence-corrected chi connectivity index (χ2v) is 11.5. The minimum absolute atomic E-state index is 0.0293. The maximum absolute atomic E-state index is 14.6. The van der Waals surface area contributed by atoms with Crippen LogP contribution in [0.4, 0.5) is 0 Å². The van der Waals surface area contributed by atoms with E-state index in [1.54, 1.807) is 13.0 Å². The Morgan fingerprint density at radius 3 is 1.73 bits per heavy atom. The lowest BCUT2D eigenvalue weighted by Gasteiger charge is -2.48. The van der Waals surface area contributed by atoms with Gasteiger partial charge >= 0.3 is 5.97 Å². The number of rotatable bonds is 4. The Morgan fingerprint density at radius 2 is 1.30 bits per heavy atom. The molecule has 7 rings (SSSR count). The summed E-state index contributed by atoms with van der Waals surface area (Å²) in [4.78, 5) is 14.4. The third-order valence-electron chi connectivity index (χ3n) is 7.74. The number of ether oxygens (including phenoxy) is 1. The van der Waals surface area contributed by atoms with Crippen molar-refractivity contribution in [1.82, 2.24) is 0 Å². The normalized spacial score (nSPS) is 19.2. The Morgan fingerprint density at radius 1 is 0.838 bits per heavy atom. The van der Waals surface area contributed by atoms with E-state index in [0.717, 1.165) is 33.4 Å². The van der Waals surface area contributed by atoms with Crippen LogP contribution >= 0.6 is 0 Å². The number of hydrogen-bond donors (Lipinski definition) is 1. The summed E-state index contributed by atoms with van der Waals surface area (Å²) < 4.78 is 40.1. The molecule has 0 saturated carbocycles. The molecule has 2 bridgehead atoms. The topological polar surface area (TPSA) is 80.7 Å². The fourth-order valence-corrected chi connectivity index (χ4v) is 7.09. The first-order chi connectivity index (χ1) is 17.7. The van der Waals surface area contributed by atoms with Crippen LogP contribution in [0.5, 0.6) is 5.75 Å². The monoisotopic (exact) mass is 510 g/mol. The number of esters is 1. The van der Waals surface area contributed by atoms with Crippen molar-refractivity contribution in [2.24, 2.45) is 0 Å². The highest BCUT2D eigenvalue weighted by Crippen LogP contribution is 2.59. The highest BCUT2D eigenvalue weighted by Gasteiger charge is 2.57. The third kappa shape index (κ3) is 3.26. The van der Waals surface area contributed by atoms with Crippen LogP contribution in [0.25, 0.3) is 0 Å². The molecule has 0 aromatic heterocycles. The fourth-order valence-electron chi connectivity index (χ4n) is 6.18. The standard InChI is InChI=1S/C31H26O5S/c1-18(2)23-17-27(19(3)16-28(23)37(33,34)35)36-30(32)31-24-13-7-4-10-20(24)29(21-11-5-8-14-25(21)31)22-12-6-9-15-26(22)31/h4-18,29H,1-3H3,(H,33,34,35). The molecule has 0 saturated heterocycles. The van der Waals surface area contributed by atoms with Crippen LogP contribution < -0.4 is 4.74 Å². The highest BCUT2D eigenvalue weighted by molar-refractivity contribution is 7.85. The predicted octanol–water partition coefficient (Wildman–Crippen LogP) is 6.11. The van der Waals surface area contributed by atoms with Gasteiger partial charge in [-0.2, -0.15) is 8.42 Å². The molecule has 4 aromatic carbocycles. The van der Waals surface area contributed by atoms with E-state index in [-0.39, 0.29) is 22.5 Å². The molecule has 1 N–H and O–H groups in total. The summed E-state index contributed by atoms with van der Waals surface area (Å²) in [5.74, 6) is -0.368. The van der Waals surface area contributed by atoms with Crippen molar-refractivity contribution in [2.75, 3.05) is 0 Å².